The number of rotatable bonds is 5. The Morgan fingerprint density at radius 2 is 1.54 bits per heavy atom. The summed E-state index contributed by atoms with van der Waals surface area (Å²) in [6, 6.07) is 0. The normalized spacial score (nSPS) is 18.3. The van der Waals surface area contributed by atoms with E-state index in [9.17, 15) is 31.2 Å². The van der Waals surface area contributed by atoms with Crippen LogP contribution in [0.15, 0.2) is 4.90 Å². The second-order valence-corrected chi connectivity index (χ2v) is 8.18. The molecule has 3 heterocycles. The van der Waals surface area contributed by atoms with E-state index in [0.29, 0.717) is 25.9 Å². The molecule has 0 atom stereocenters. The van der Waals surface area contributed by atoms with Gasteiger partial charge < -0.3 is 4.90 Å². The Kier molecular flexibility index (Phi) is 4.91. The van der Waals surface area contributed by atoms with Crippen molar-refractivity contribution >= 4 is 27.5 Å². The lowest BCUT2D eigenvalue weighted by molar-refractivity contribution is -0.137. The van der Waals surface area contributed by atoms with Gasteiger partial charge in [0.1, 0.15) is 4.90 Å². The van der Waals surface area contributed by atoms with Crippen molar-refractivity contribution < 1.29 is 31.2 Å². The largest absolute Gasteiger partial charge is 0.354 e. The molecule has 2 aliphatic rings. The van der Waals surface area contributed by atoms with Crippen LogP contribution in [0.4, 0.5) is 19.0 Å². The van der Waals surface area contributed by atoms with Crippen molar-refractivity contribution in [2.45, 2.75) is 30.6 Å². The summed E-state index contributed by atoms with van der Waals surface area (Å²) in [6.45, 7) is 0.165. The molecule has 0 saturated carbocycles. The number of hydrogen-bond acceptors (Lipinski definition) is 6. The van der Waals surface area contributed by atoms with Crippen LogP contribution in [0.25, 0.3) is 0 Å². The lowest BCUT2D eigenvalue weighted by atomic mass is 10.4. The summed E-state index contributed by atoms with van der Waals surface area (Å²) in [5.41, 5.74) is 0. The van der Waals surface area contributed by atoms with Gasteiger partial charge in [-0.15, -0.1) is 0 Å². The van der Waals surface area contributed by atoms with Crippen molar-refractivity contribution in [3.63, 3.8) is 0 Å². The van der Waals surface area contributed by atoms with E-state index in [2.05, 4.69) is 4.98 Å². The highest BCUT2D eigenvalue weighted by Crippen LogP contribution is 2.30. The maximum atomic E-state index is 14.7. The second kappa shape index (κ2) is 6.86. The van der Waals surface area contributed by atoms with Gasteiger partial charge >= 0.3 is 0 Å². The summed E-state index contributed by atoms with van der Waals surface area (Å²) in [4.78, 5) is 27.0. The highest BCUT2D eigenvalue weighted by atomic mass is 32.2. The number of nitrogens with zero attached hydrogens (tertiary/aromatic N) is 3. The van der Waals surface area contributed by atoms with Crippen LogP contribution in [0.2, 0.25) is 0 Å². The molecule has 2 aliphatic heterocycles. The van der Waals surface area contributed by atoms with Crippen molar-refractivity contribution in [1.29, 1.82) is 0 Å². The minimum absolute atomic E-state index is 0.0371. The maximum Gasteiger partial charge on any atom is 0.252 e. The number of likely N-dealkylation sites (tertiary alicyclic amines) is 1. The zero-order valence-electron chi connectivity index (χ0n) is 13.7. The third-order valence-corrected chi connectivity index (χ3v) is 6.14. The molecule has 0 bridgehead atoms. The van der Waals surface area contributed by atoms with Gasteiger partial charge in [-0.1, -0.05) is 0 Å². The number of carbonyl (C=O) groups is 2. The number of amides is 2. The van der Waals surface area contributed by atoms with Crippen LogP contribution in [0.5, 0.6) is 0 Å². The molecule has 2 saturated heterocycles. The average molecular weight is 391 g/mol. The van der Waals surface area contributed by atoms with E-state index in [4.69, 9.17) is 0 Å². The molecule has 0 aromatic carbocycles. The fraction of sp³-hybridized carbons (Fsp3) is 0.533. The predicted molar refractivity (Wildman–Crippen MR) is 83.6 cm³/mol. The number of imide groups is 1. The standard InChI is InChI=1S/C15H16F3N3O4S/c16-11-13(12(17)15(19-14(11)18)20-5-1-2-6-20)26(24,25)8-7-21-9(22)3-4-10(21)23/h1-8H2. The van der Waals surface area contributed by atoms with Gasteiger partial charge in [0, 0.05) is 32.5 Å². The Morgan fingerprint density at radius 3 is 2.12 bits per heavy atom. The Hall–Kier alpha value is -2.17. The summed E-state index contributed by atoms with van der Waals surface area (Å²) in [5, 5.41) is 0. The molecular formula is C15H16F3N3O4S. The monoisotopic (exact) mass is 391 g/mol. The molecule has 0 N–H and O–H groups in total. The SMILES string of the molecule is O=C1CCC(=O)N1CCS(=O)(=O)c1c(F)c(F)nc(N2CCCC2)c1F. The van der Waals surface area contributed by atoms with Crippen LogP contribution in [-0.4, -0.2) is 55.5 Å². The van der Waals surface area contributed by atoms with Crippen molar-refractivity contribution in [2.24, 2.45) is 0 Å². The third-order valence-electron chi connectivity index (χ3n) is 4.44. The first kappa shape index (κ1) is 18.6. The van der Waals surface area contributed by atoms with Gasteiger partial charge in [0.2, 0.25) is 11.8 Å². The number of halogens is 3. The predicted octanol–water partition coefficient (Wildman–Crippen LogP) is 1.02. The van der Waals surface area contributed by atoms with Gasteiger partial charge in [-0.25, -0.2) is 17.2 Å². The van der Waals surface area contributed by atoms with Gasteiger partial charge in [-0.3, -0.25) is 14.5 Å². The zero-order chi connectivity index (χ0) is 19.1. The molecule has 7 nitrogen and oxygen atoms in total. The van der Waals surface area contributed by atoms with Crippen molar-refractivity contribution in [1.82, 2.24) is 9.88 Å². The smallest absolute Gasteiger partial charge is 0.252 e. The molecule has 26 heavy (non-hydrogen) atoms. The van der Waals surface area contributed by atoms with E-state index in [1.54, 1.807) is 0 Å². The molecule has 0 radical (unpaired) electrons. The minimum Gasteiger partial charge on any atom is -0.354 e. The first-order chi connectivity index (χ1) is 12.2. The Balaban J connectivity index is 1.93. The average Bonchev–Trinajstić information content (AvgIpc) is 3.20. The molecule has 2 amide bonds. The van der Waals surface area contributed by atoms with E-state index < -0.39 is 62.2 Å². The number of hydrogen-bond donors (Lipinski definition) is 0. The molecule has 11 heteroatoms. The van der Waals surface area contributed by atoms with Crippen LogP contribution >= 0.6 is 0 Å². The molecule has 1 aromatic rings. The summed E-state index contributed by atoms with van der Waals surface area (Å²) in [5.74, 6) is -7.61. The third kappa shape index (κ3) is 3.27. The number of carbonyl (C=O) groups excluding carboxylic acids is 2. The summed E-state index contributed by atoms with van der Waals surface area (Å²) < 4.78 is 67.4. The molecule has 0 unspecified atom stereocenters. The van der Waals surface area contributed by atoms with Crippen LogP contribution in [-0.2, 0) is 19.4 Å². The van der Waals surface area contributed by atoms with Crippen LogP contribution in [0, 0.1) is 17.6 Å². The Labute approximate surface area is 147 Å². The molecule has 142 valence electrons. The van der Waals surface area contributed by atoms with Gasteiger partial charge in [0.05, 0.1) is 5.75 Å². The quantitative estimate of drug-likeness (QED) is 0.550. The van der Waals surface area contributed by atoms with E-state index in [1.165, 1.54) is 4.90 Å². The second-order valence-electron chi connectivity index (χ2n) is 6.14. The van der Waals surface area contributed by atoms with Gasteiger partial charge in [0.25, 0.3) is 5.95 Å². The van der Waals surface area contributed by atoms with E-state index in [-0.39, 0.29) is 12.8 Å². The number of pyridine rings is 1. The Morgan fingerprint density at radius 1 is 0.962 bits per heavy atom. The summed E-state index contributed by atoms with van der Waals surface area (Å²) in [6.07, 6.45) is 1.32. The fourth-order valence-electron chi connectivity index (χ4n) is 3.08. The van der Waals surface area contributed by atoms with E-state index in [0.717, 1.165) is 4.90 Å². The zero-order valence-corrected chi connectivity index (χ0v) is 14.5. The topological polar surface area (TPSA) is 87.7 Å². The van der Waals surface area contributed by atoms with Crippen LogP contribution < -0.4 is 4.90 Å². The molecule has 0 spiro atoms. The lowest BCUT2D eigenvalue weighted by Crippen LogP contribution is -2.34. The fourth-order valence-corrected chi connectivity index (χ4v) is 4.43. The van der Waals surface area contributed by atoms with Crippen molar-refractivity contribution in [2.75, 3.05) is 30.3 Å². The van der Waals surface area contributed by atoms with Gasteiger partial charge in [-0.05, 0) is 12.8 Å². The van der Waals surface area contributed by atoms with Gasteiger partial charge in [-0.2, -0.15) is 9.37 Å². The van der Waals surface area contributed by atoms with Crippen molar-refractivity contribution in [3.05, 3.63) is 17.6 Å². The number of sulfone groups is 1. The maximum absolute atomic E-state index is 14.7. The molecule has 2 fully saturated rings. The highest BCUT2D eigenvalue weighted by Gasteiger charge is 2.35. The molecule has 0 aliphatic carbocycles. The molecule has 3 rings (SSSR count). The molecule has 1 aromatic heterocycles. The summed E-state index contributed by atoms with van der Waals surface area (Å²) >= 11 is 0. The van der Waals surface area contributed by atoms with Crippen molar-refractivity contribution in [3.8, 4) is 0 Å². The number of anilines is 1. The van der Waals surface area contributed by atoms with E-state index >= 15 is 0 Å². The minimum atomic E-state index is -4.63. The first-order valence-corrected chi connectivity index (χ1v) is 9.73. The van der Waals surface area contributed by atoms with Gasteiger partial charge in [0.15, 0.2) is 27.3 Å². The molecular weight excluding hydrogens is 375 g/mol. The van der Waals surface area contributed by atoms with E-state index in [1.807, 2.05) is 0 Å². The number of aromatic nitrogens is 1. The lowest BCUT2D eigenvalue weighted by Gasteiger charge is -2.19. The summed E-state index contributed by atoms with van der Waals surface area (Å²) in [7, 11) is -4.63. The first-order valence-electron chi connectivity index (χ1n) is 8.08. The Bertz CT molecular complexity index is 853. The van der Waals surface area contributed by atoms with Crippen LogP contribution in [0.3, 0.4) is 0 Å². The van der Waals surface area contributed by atoms with Crippen LogP contribution in [0.1, 0.15) is 25.7 Å². The highest BCUT2D eigenvalue weighted by molar-refractivity contribution is 7.91.